The highest BCUT2D eigenvalue weighted by atomic mass is 32.1. The Bertz CT molecular complexity index is 972. The second kappa shape index (κ2) is 5.62. The van der Waals surface area contributed by atoms with Crippen LogP contribution in [0.1, 0.15) is 24.1 Å². The van der Waals surface area contributed by atoms with E-state index in [4.69, 9.17) is 5.11 Å². The van der Waals surface area contributed by atoms with Crippen molar-refractivity contribution in [1.82, 2.24) is 9.55 Å². The predicted molar refractivity (Wildman–Crippen MR) is 91.1 cm³/mol. The molecule has 2 aromatic heterocycles. The smallest absolute Gasteiger partial charge is 0.326 e. The lowest BCUT2D eigenvalue weighted by molar-refractivity contribution is -0.140. The largest absolute Gasteiger partial charge is 0.480 e. The van der Waals surface area contributed by atoms with Crippen molar-refractivity contribution in [3.63, 3.8) is 0 Å². The fourth-order valence-electron chi connectivity index (χ4n) is 2.65. The summed E-state index contributed by atoms with van der Waals surface area (Å²) in [5.41, 5.74) is 3.70. The van der Waals surface area contributed by atoms with E-state index >= 15 is 0 Å². The zero-order valence-corrected chi connectivity index (χ0v) is 13.8. The van der Waals surface area contributed by atoms with Crippen LogP contribution in [-0.2, 0) is 4.79 Å². The highest BCUT2D eigenvalue weighted by Crippen LogP contribution is 2.33. The topological polar surface area (TPSA) is 72.2 Å². The van der Waals surface area contributed by atoms with E-state index in [1.165, 1.54) is 29.2 Å². The Kier molecular flexibility index (Phi) is 3.77. The van der Waals surface area contributed by atoms with Crippen molar-refractivity contribution in [3.05, 3.63) is 51.4 Å². The Balaban J connectivity index is 2.29. The van der Waals surface area contributed by atoms with E-state index in [1.54, 1.807) is 0 Å². The first-order valence-corrected chi connectivity index (χ1v) is 8.07. The molecule has 0 fully saturated rings. The van der Waals surface area contributed by atoms with Crippen molar-refractivity contribution in [2.24, 2.45) is 0 Å². The number of hydrogen-bond acceptors (Lipinski definition) is 4. The molecule has 1 aromatic carbocycles. The molecule has 0 amide bonds. The molecule has 3 aromatic rings. The van der Waals surface area contributed by atoms with Crippen LogP contribution in [-0.4, -0.2) is 20.6 Å². The minimum atomic E-state index is -1.06. The van der Waals surface area contributed by atoms with Gasteiger partial charge in [0, 0.05) is 10.9 Å². The molecule has 0 aliphatic rings. The number of carboxylic acid groups (broad SMARTS) is 1. The number of rotatable bonds is 3. The van der Waals surface area contributed by atoms with Crippen LogP contribution in [0.3, 0.4) is 0 Å². The number of nitrogens with zero attached hydrogens (tertiary/aromatic N) is 2. The van der Waals surface area contributed by atoms with Gasteiger partial charge in [0.2, 0.25) is 0 Å². The highest BCUT2D eigenvalue weighted by molar-refractivity contribution is 7.17. The van der Waals surface area contributed by atoms with E-state index in [0.29, 0.717) is 10.2 Å². The standard InChI is InChI=1S/C17H16N2O3S/c1-9-4-5-12(10(2)6-9)13-7-23-15-14(13)16(20)19(8-18-15)11(3)17(21)22/h4-8,11H,1-3H3,(H,21,22). The summed E-state index contributed by atoms with van der Waals surface area (Å²) in [5.74, 6) is -1.06. The van der Waals surface area contributed by atoms with Crippen LogP contribution in [0.4, 0.5) is 0 Å². The average Bonchev–Trinajstić information content (AvgIpc) is 2.91. The Morgan fingerprint density at radius 2 is 2.04 bits per heavy atom. The third kappa shape index (κ3) is 2.55. The molecule has 1 N–H and O–H groups in total. The van der Waals surface area contributed by atoms with Crippen molar-refractivity contribution in [2.75, 3.05) is 0 Å². The van der Waals surface area contributed by atoms with Gasteiger partial charge in [-0.15, -0.1) is 11.3 Å². The number of aryl methyl sites for hydroxylation is 2. The molecule has 0 spiro atoms. The molecule has 0 saturated carbocycles. The zero-order valence-electron chi connectivity index (χ0n) is 13.0. The monoisotopic (exact) mass is 328 g/mol. The first-order chi connectivity index (χ1) is 10.9. The van der Waals surface area contributed by atoms with Gasteiger partial charge in [0.25, 0.3) is 5.56 Å². The summed E-state index contributed by atoms with van der Waals surface area (Å²) >= 11 is 1.39. The Hall–Kier alpha value is -2.47. The summed E-state index contributed by atoms with van der Waals surface area (Å²) < 4.78 is 1.17. The molecule has 0 bridgehead atoms. The van der Waals surface area contributed by atoms with E-state index in [-0.39, 0.29) is 5.56 Å². The molecule has 23 heavy (non-hydrogen) atoms. The quantitative estimate of drug-likeness (QED) is 0.800. The number of aromatic nitrogens is 2. The average molecular weight is 328 g/mol. The predicted octanol–water partition coefficient (Wildman–Crippen LogP) is 3.39. The van der Waals surface area contributed by atoms with Gasteiger partial charge >= 0.3 is 5.97 Å². The van der Waals surface area contributed by atoms with Gasteiger partial charge in [-0.05, 0) is 31.9 Å². The Morgan fingerprint density at radius 1 is 1.30 bits per heavy atom. The number of carboxylic acids is 1. The van der Waals surface area contributed by atoms with E-state index in [9.17, 15) is 9.59 Å². The van der Waals surface area contributed by atoms with Crippen LogP contribution in [0.5, 0.6) is 0 Å². The van der Waals surface area contributed by atoms with Crippen LogP contribution >= 0.6 is 11.3 Å². The summed E-state index contributed by atoms with van der Waals surface area (Å²) in [5, 5.41) is 11.6. The molecular formula is C17H16N2O3S. The molecular weight excluding hydrogens is 312 g/mol. The number of aliphatic carboxylic acids is 1. The molecule has 0 aliphatic heterocycles. The van der Waals surface area contributed by atoms with Crippen LogP contribution < -0.4 is 5.56 Å². The molecule has 2 heterocycles. The Labute approximate surface area is 136 Å². The molecule has 0 saturated heterocycles. The third-order valence-electron chi connectivity index (χ3n) is 3.97. The van der Waals surface area contributed by atoms with Gasteiger partial charge in [-0.3, -0.25) is 9.36 Å². The number of benzene rings is 1. The van der Waals surface area contributed by atoms with Crippen LogP contribution in [0.25, 0.3) is 21.3 Å². The highest BCUT2D eigenvalue weighted by Gasteiger charge is 2.19. The molecule has 6 heteroatoms. The van der Waals surface area contributed by atoms with Gasteiger partial charge in [-0.2, -0.15) is 0 Å². The number of hydrogen-bond donors (Lipinski definition) is 1. The number of thiophene rings is 1. The SMILES string of the molecule is Cc1ccc(-c2csc3ncn(C(C)C(=O)O)c(=O)c23)c(C)c1. The molecule has 0 aliphatic carbocycles. The fraction of sp³-hybridized carbons (Fsp3) is 0.235. The van der Waals surface area contributed by atoms with Crippen LogP contribution in [0.15, 0.2) is 34.7 Å². The van der Waals surface area contributed by atoms with Crippen molar-refractivity contribution in [1.29, 1.82) is 0 Å². The first-order valence-electron chi connectivity index (χ1n) is 7.19. The second-order valence-electron chi connectivity index (χ2n) is 5.62. The minimum Gasteiger partial charge on any atom is -0.480 e. The van der Waals surface area contributed by atoms with E-state index in [0.717, 1.165) is 22.3 Å². The van der Waals surface area contributed by atoms with Gasteiger partial charge < -0.3 is 5.11 Å². The molecule has 1 unspecified atom stereocenters. The van der Waals surface area contributed by atoms with Gasteiger partial charge in [-0.25, -0.2) is 9.78 Å². The normalized spacial score (nSPS) is 12.5. The second-order valence-corrected chi connectivity index (χ2v) is 6.48. The maximum atomic E-state index is 12.8. The van der Waals surface area contributed by atoms with Crippen molar-refractivity contribution >= 4 is 27.5 Å². The lowest BCUT2D eigenvalue weighted by Crippen LogP contribution is -2.28. The Morgan fingerprint density at radius 3 is 2.70 bits per heavy atom. The first kappa shape index (κ1) is 15.4. The van der Waals surface area contributed by atoms with E-state index < -0.39 is 12.0 Å². The van der Waals surface area contributed by atoms with Crippen molar-refractivity contribution in [3.8, 4) is 11.1 Å². The summed E-state index contributed by atoms with van der Waals surface area (Å²) in [6.45, 7) is 5.49. The summed E-state index contributed by atoms with van der Waals surface area (Å²) in [6, 6.07) is 5.10. The summed E-state index contributed by atoms with van der Waals surface area (Å²) in [6.07, 6.45) is 1.31. The zero-order chi connectivity index (χ0) is 16.7. The fourth-order valence-corrected chi connectivity index (χ4v) is 3.55. The lowest BCUT2D eigenvalue weighted by atomic mass is 9.99. The van der Waals surface area contributed by atoms with Gasteiger partial charge in [0.1, 0.15) is 10.9 Å². The molecule has 0 radical (unpaired) electrons. The van der Waals surface area contributed by atoms with Gasteiger partial charge in [-0.1, -0.05) is 23.8 Å². The van der Waals surface area contributed by atoms with Gasteiger partial charge in [0.15, 0.2) is 0 Å². The molecule has 118 valence electrons. The van der Waals surface area contributed by atoms with Crippen molar-refractivity contribution < 1.29 is 9.90 Å². The van der Waals surface area contributed by atoms with Gasteiger partial charge in [0.05, 0.1) is 11.7 Å². The summed E-state index contributed by atoms with van der Waals surface area (Å²) in [4.78, 5) is 28.8. The summed E-state index contributed by atoms with van der Waals surface area (Å²) in [7, 11) is 0. The van der Waals surface area contributed by atoms with E-state index in [2.05, 4.69) is 11.1 Å². The van der Waals surface area contributed by atoms with Crippen molar-refractivity contribution in [2.45, 2.75) is 26.8 Å². The minimum absolute atomic E-state index is 0.318. The van der Waals surface area contributed by atoms with E-state index in [1.807, 2.05) is 31.4 Å². The molecule has 1 atom stereocenters. The maximum Gasteiger partial charge on any atom is 0.326 e. The number of carbonyl (C=O) groups is 1. The maximum absolute atomic E-state index is 12.8. The molecule has 5 nitrogen and oxygen atoms in total. The van der Waals surface area contributed by atoms with Crippen LogP contribution in [0.2, 0.25) is 0 Å². The lowest BCUT2D eigenvalue weighted by Gasteiger charge is -2.11. The molecule has 3 rings (SSSR count). The number of fused-ring (bicyclic) bond motifs is 1. The third-order valence-corrected chi connectivity index (χ3v) is 4.85. The van der Waals surface area contributed by atoms with Crippen LogP contribution in [0, 0.1) is 13.8 Å².